The first-order chi connectivity index (χ1) is 13.7. The van der Waals surface area contributed by atoms with Gasteiger partial charge in [0.25, 0.3) is 5.91 Å². The predicted molar refractivity (Wildman–Crippen MR) is 109 cm³/mol. The molecule has 0 atom stereocenters. The Labute approximate surface area is 173 Å². The molecular formula is C22H20ClFN2O3. The van der Waals surface area contributed by atoms with E-state index in [1.54, 1.807) is 13.8 Å². The Bertz CT molecular complexity index is 1000. The van der Waals surface area contributed by atoms with Gasteiger partial charge in [-0.25, -0.2) is 9.37 Å². The molecule has 0 aliphatic carbocycles. The van der Waals surface area contributed by atoms with Gasteiger partial charge in [0.1, 0.15) is 17.1 Å². The molecule has 1 aromatic heterocycles. The number of rotatable bonds is 6. The summed E-state index contributed by atoms with van der Waals surface area (Å²) in [4.78, 5) is 16.7. The number of aromatic nitrogens is 1. The number of nitrogens with one attached hydrogen (secondary N) is 1. The Hall–Kier alpha value is -2.96. The molecule has 2 aromatic carbocycles. The maximum atomic E-state index is 13.1. The molecule has 0 bridgehead atoms. The van der Waals surface area contributed by atoms with Crippen LogP contribution in [0, 0.1) is 5.82 Å². The molecule has 29 heavy (non-hydrogen) atoms. The van der Waals surface area contributed by atoms with E-state index >= 15 is 0 Å². The first-order valence-electron chi connectivity index (χ1n) is 8.91. The first-order valence-corrected chi connectivity index (χ1v) is 9.29. The lowest BCUT2D eigenvalue weighted by atomic mass is 9.97. The zero-order chi connectivity index (χ0) is 21.0. The summed E-state index contributed by atoms with van der Waals surface area (Å²) in [6.45, 7) is 3.69. The van der Waals surface area contributed by atoms with Crippen LogP contribution >= 0.6 is 11.6 Å². The number of carbonyl (C=O) groups excluding carboxylic acids is 1. The largest absolute Gasteiger partial charge is 0.438 e. The first kappa shape index (κ1) is 20.8. The normalized spacial score (nSPS) is 11.2. The van der Waals surface area contributed by atoms with E-state index in [2.05, 4.69) is 10.3 Å². The van der Waals surface area contributed by atoms with Crippen molar-refractivity contribution in [2.45, 2.75) is 26.0 Å². The zero-order valence-electron chi connectivity index (χ0n) is 15.9. The van der Waals surface area contributed by atoms with Crippen LogP contribution in [-0.4, -0.2) is 16.0 Å². The summed E-state index contributed by atoms with van der Waals surface area (Å²) < 4.78 is 18.7. The van der Waals surface area contributed by atoms with E-state index in [9.17, 15) is 14.3 Å². The minimum Gasteiger partial charge on any atom is -0.438 e. The van der Waals surface area contributed by atoms with Crippen LogP contribution in [0.2, 0.25) is 5.02 Å². The van der Waals surface area contributed by atoms with Crippen LogP contribution in [0.5, 0.6) is 11.6 Å². The van der Waals surface area contributed by atoms with Gasteiger partial charge in [0, 0.05) is 12.7 Å². The predicted octanol–water partition coefficient (Wildman–Crippen LogP) is 4.82. The van der Waals surface area contributed by atoms with Crippen LogP contribution in [0.4, 0.5) is 4.39 Å². The van der Waals surface area contributed by atoms with Gasteiger partial charge in [-0.3, -0.25) is 4.79 Å². The van der Waals surface area contributed by atoms with Crippen LogP contribution in [0.1, 0.15) is 35.3 Å². The highest BCUT2D eigenvalue weighted by Gasteiger charge is 2.17. The van der Waals surface area contributed by atoms with Gasteiger partial charge in [0.2, 0.25) is 5.88 Å². The molecule has 0 aliphatic rings. The van der Waals surface area contributed by atoms with Crippen molar-refractivity contribution in [1.29, 1.82) is 0 Å². The van der Waals surface area contributed by atoms with Gasteiger partial charge < -0.3 is 15.2 Å². The van der Waals surface area contributed by atoms with E-state index in [0.717, 1.165) is 11.1 Å². The highest BCUT2D eigenvalue weighted by Crippen LogP contribution is 2.26. The number of benzene rings is 2. The number of amides is 1. The Morgan fingerprint density at radius 1 is 1.17 bits per heavy atom. The summed E-state index contributed by atoms with van der Waals surface area (Å²) in [6, 6.07) is 14.1. The molecule has 3 aromatic rings. The topological polar surface area (TPSA) is 71.5 Å². The molecule has 1 amide bonds. The number of carbonyl (C=O) groups is 1. The van der Waals surface area contributed by atoms with E-state index < -0.39 is 17.3 Å². The number of pyridine rings is 1. The second-order valence-electron chi connectivity index (χ2n) is 7.00. The maximum Gasteiger partial charge on any atom is 0.257 e. The summed E-state index contributed by atoms with van der Waals surface area (Å²) in [6.07, 6.45) is 1.37. The molecule has 2 N–H and O–H groups in total. The molecule has 7 heteroatoms. The van der Waals surface area contributed by atoms with Gasteiger partial charge >= 0.3 is 0 Å². The van der Waals surface area contributed by atoms with Gasteiger partial charge in [0.15, 0.2) is 0 Å². The highest BCUT2D eigenvalue weighted by molar-refractivity contribution is 6.30. The number of halogens is 2. The second kappa shape index (κ2) is 8.59. The minimum absolute atomic E-state index is 0.0656. The summed E-state index contributed by atoms with van der Waals surface area (Å²) in [5, 5.41) is 13.1. The number of hydrogen-bond donors (Lipinski definition) is 2. The van der Waals surface area contributed by atoms with Crippen molar-refractivity contribution in [2.24, 2.45) is 0 Å². The number of nitrogens with zero attached hydrogens (tertiary/aromatic N) is 1. The van der Waals surface area contributed by atoms with E-state index in [4.69, 9.17) is 16.3 Å². The van der Waals surface area contributed by atoms with Gasteiger partial charge in [-0.2, -0.15) is 0 Å². The van der Waals surface area contributed by atoms with Crippen LogP contribution in [0.25, 0.3) is 0 Å². The molecular weight excluding hydrogens is 395 g/mol. The summed E-state index contributed by atoms with van der Waals surface area (Å²) in [5.74, 6) is -0.396. The summed E-state index contributed by atoms with van der Waals surface area (Å²) in [7, 11) is 0. The van der Waals surface area contributed by atoms with Gasteiger partial charge in [-0.15, -0.1) is 0 Å². The van der Waals surface area contributed by atoms with Crippen LogP contribution < -0.4 is 10.1 Å². The SMILES string of the molecule is CC(C)(O)c1ccc(CNC(=O)c2cc(Cl)cnc2Oc2ccc(F)cc2)cc1. The van der Waals surface area contributed by atoms with Gasteiger partial charge in [-0.1, -0.05) is 35.9 Å². The van der Waals surface area contributed by atoms with Crippen molar-refractivity contribution < 1.29 is 19.0 Å². The lowest BCUT2D eigenvalue weighted by molar-refractivity contribution is 0.0785. The minimum atomic E-state index is -0.930. The Balaban J connectivity index is 1.73. The summed E-state index contributed by atoms with van der Waals surface area (Å²) >= 11 is 5.99. The fourth-order valence-corrected chi connectivity index (χ4v) is 2.75. The van der Waals surface area contributed by atoms with E-state index in [1.807, 2.05) is 24.3 Å². The number of hydrogen-bond acceptors (Lipinski definition) is 4. The average molecular weight is 415 g/mol. The molecule has 5 nitrogen and oxygen atoms in total. The monoisotopic (exact) mass is 414 g/mol. The Morgan fingerprint density at radius 2 is 1.83 bits per heavy atom. The molecule has 0 unspecified atom stereocenters. The zero-order valence-corrected chi connectivity index (χ0v) is 16.7. The van der Waals surface area contributed by atoms with Crippen molar-refractivity contribution in [2.75, 3.05) is 0 Å². The number of ether oxygens (including phenoxy) is 1. The lowest BCUT2D eigenvalue weighted by Gasteiger charge is -2.18. The fraction of sp³-hybridized carbons (Fsp3) is 0.182. The molecule has 0 aliphatic heterocycles. The molecule has 0 spiro atoms. The molecule has 1 heterocycles. The highest BCUT2D eigenvalue weighted by atomic mass is 35.5. The maximum absolute atomic E-state index is 13.1. The van der Waals surface area contributed by atoms with Crippen LogP contribution in [0.3, 0.4) is 0 Å². The average Bonchev–Trinajstić information content (AvgIpc) is 2.69. The van der Waals surface area contributed by atoms with E-state index in [-0.39, 0.29) is 23.0 Å². The lowest BCUT2D eigenvalue weighted by Crippen LogP contribution is -2.23. The van der Waals surface area contributed by atoms with Crippen molar-refractivity contribution in [3.63, 3.8) is 0 Å². The quantitative estimate of drug-likeness (QED) is 0.606. The summed E-state index contributed by atoms with van der Waals surface area (Å²) in [5.41, 5.74) is 0.875. The molecule has 0 fully saturated rings. The third kappa shape index (κ3) is 5.53. The third-order valence-corrected chi connectivity index (χ3v) is 4.41. The van der Waals surface area contributed by atoms with Gasteiger partial charge in [-0.05, 0) is 55.3 Å². The molecule has 150 valence electrons. The van der Waals surface area contributed by atoms with Crippen molar-refractivity contribution >= 4 is 17.5 Å². The van der Waals surface area contributed by atoms with Crippen LogP contribution in [-0.2, 0) is 12.1 Å². The van der Waals surface area contributed by atoms with E-state index in [1.165, 1.54) is 36.5 Å². The van der Waals surface area contributed by atoms with Crippen molar-refractivity contribution in [3.05, 3.63) is 88.3 Å². The molecule has 0 saturated carbocycles. The van der Waals surface area contributed by atoms with Crippen molar-refractivity contribution in [1.82, 2.24) is 10.3 Å². The van der Waals surface area contributed by atoms with Crippen molar-refractivity contribution in [3.8, 4) is 11.6 Å². The van der Waals surface area contributed by atoms with E-state index in [0.29, 0.717) is 5.75 Å². The second-order valence-corrected chi connectivity index (χ2v) is 7.44. The Kier molecular flexibility index (Phi) is 6.15. The number of aliphatic hydroxyl groups is 1. The fourth-order valence-electron chi connectivity index (χ4n) is 2.59. The molecule has 0 saturated heterocycles. The molecule has 0 radical (unpaired) electrons. The Morgan fingerprint density at radius 3 is 2.45 bits per heavy atom. The van der Waals surface area contributed by atoms with Gasteiger partial charge in [0.05, 0.1) is 10.6 Å². The molecule has 3 rings (SSSR count). The standard InChI is InChI=1S/C22H20ClFN2O3/c1-22(2,28)15-5-3-14(4-6-15)12-25-20(27)19-11-16(23)13-26-21(19)29-18-9-7-17(24)8-10-18/h3-11,13,28H,12H2,1-2H3,(H,25,27). The van der Waals surface area contributed by atoms with Crippen LogP contribution in [0.15, 0.2) is 60.8 Å². The smallest absolute Gasteiger partial charge is 0.257 e. The third-order valence-electron chi connectivity index (χ3n) is 4.20.